The van der Waals surface area contributed by atoms with Gasteiger partial charge < -0.3 is 29.1 Å². The molecule has 2 rings (SSSR count). The van der Waals surface area contributed by atoms with Crippen molar-refractivity contribution in [1.29, 1.82) is 0 Å². The van der Waals surface area contributed by atoms with Crippen LogP contribution in [0.25, 0.3) is 0 Å². The Labute approximate surface area is 181 Å². The highest BCUT2D eigenvalue weighted by atomic mass is 31.2. The van der Waals surface area contributed by atoms with Crippen molar-refractivity contribution in [2.75, 3.05) is 7.11 Å². The monoisotopic (exact) mass is 465 g/mol. The summed E-state index contributed by atoms with van der Waals surface area (Å²) in [5.74, 6) is -0.890. The maximum atomic E-state index is 14.3. The molecule has 4 N–H and O–H groups in total. The maximum Gasteiger partial charge on any atom is 0.359 e. The van der Waals surface area contributed by atoms with Gasteiger partial charge in [-0.3, -0.25) is 14.3 Å². The maximum absolute atomic E-state index is 14.3. The molecule has 0 aromatic carbocycles. The number of pyridine rings is 1. The Hall–Kier alpha value is -1.13. The number of aliphatic hydroxyl groups excluding tert-OH is 1. The number of aromatic nitrogens is 1. The number of hydrogen-bond acceptors (Lipinski definition) is 7. The average molecular weight is 465 g/mol. The van der Waals surface area contributed by atoms with Crippen molar-refractivity contribution in [2.24, 2.45) is 0 Å². The predicted octanol–water partition coefficient (Wildman–Crippen LogP) is 2.60. The van der Waals surface area contributed by atoms with E-state index in [1.54, 1.807) is 13.8 Å². The second kappa shape index (κ2) is 9.79. The molecule has 4 unspecified atom stereocenters. The normalized spacial score (nSPS) is 29.8. The Morgan fingerprint density at radius 1 is 1.32 bits per heavy atom. The van der Waals surface area contributed by atoms with Gasteiger partial charge in [0.2, 0.25) is 5.56 Å². The summed E-state index contributed by atoms with van der Waals surface area (Å²) >= 11 is 0. The molecule has 1 aromatic rings. The van der Waals surface area contributed by atoms with E-state index in [4.69, 9.17) is 14.0 Å². The molecule has 0 aliphatic carbocycles. The lowest BCUT2D eigenvalue weighted by Gasteiger charge is -2.38. The first kappa shape index (κ1) is 26.1. The Bertz CT molecular complexity index is 862. The molecule has 1 aliphatic heterocycles. The van der Waals surface area contributed by atoms with E-state index in [0.717, 1.165) is 6.07 Å². The zero-order valence-electron chi connectivity index (χ0n) is 18.5. The van der Waals surface area contributed by atoms with Crippen LogP contribution < -0.4 is 5.56 Å². The van der Waals surface area contributed by atoms with Crippen molar-refractivity contribution in [1.82, 2.24) is 4.98 Å². The minimum Gasteiger partial charge on any atom is -0.388 e. The van der Waals surface area contributed by atoms with Crippen LogP contribution in [-0.4, -0.2) is 56.5 Å². The zero-order valence-corrected chi connectivity index (χ0v) is 19.4. The van der Waals surface area contributed by atoms with Gasteiger partial charge in [0, 0.05) is 25.2 Å². The molecule has 0 saturated carbocycles. The fraction of sp³-hybridized carbons (Fsp3) is 0.750. The summed E-state index contributed by atoms with van der Waals surface area (Å²) in [7, 11) is -3.10. The van der Waals surface area contributed by atoms with Gasteiger partial charge in [-0.25, -0.2) is 0 Å². The first-order chi connectivity index (χ1) is 14.3. The number of ether oxygens (including phenoxy) is 2. The fourth-order valence-electron chi connectivity index (χ4n) is 3.84. The third-order valence-electron chi connectivity index (χ3n) is 5.85. The largest absolute Gasteiger partial charge is 0.388 e. The Balaban J connectivity index is 2.31. The van der Waals surface area contributed by atoms with Crippen molar-refractivity contribution >= 4 is 7.60 Å². The van der Waals surface area contributed by atoms with Crippen LogP contribution in [0.15, 0.2) is 16.9 Å². The van der Waals surface area contributed by atoms with Crippen LogP contribution in [0.2, 0.25) is 0 Å². The van der Waals surface area contributed by atoms with Gasteiger partial charge in [-0.2, -0.15) is 4.39 Å². The van der Waals surface area contributed by atoms with Gasteiger partial charge in [0.05, 0.1) is 11.7 Å². The molecule has 0 amide bonds. The number of methoxy groups -OCH3 is 1. The van der Waals surface area contributed by atoms with E-state index in [9.17, 15) is 28.9 Å². The summed E-state index contributed by atoms with van der Waals surface area (Å²) in [5, 5.41) is 19.2. The van der Waals surface area contributed by atoms with E-state index in [-0.39, 0.29) is 18.4 Å². The molecule has 0 bridgehead atoms. The van der Waals surface area contributed by atoms with Crippen LogP contribution >= 0.6 is 7.60 Å². The van der Waals surface area contributed by atoms with E-state index in [1.807, 2.05) is 6.92 Å². The van der Waals surface area contributed by atoms with Crippen molar-refractivity contribution in [3.8, 4) is 0 Å². The molecule has 11 heteroatoms. The molecule has 1 saturated heterocycles. The van der Waals surface area contributed by atoms with Crippen LogP contribution in [0.5, 0.6) is 0 Å². The second-order valence-corrected chi connectivity index (χ2v) is 10.7. The van der Waals surface area contributed by atoms with Gasteiger partial charge in [0.25, 0.3) is 0 Å². The molecule has 1 fully saturated rings. The van der Waals surface area contributed by atoms with E-state index in [0.29, 0.717) is 12.8 Å². The first-order valence-electron chi connectivity index (χ1n) is 10.3. The van der Waals surface area contributed by atoms with Gasteiger partial charge in [-0.05, 0) is 32.8 Å². The number of aromatic amines is 1. The van der Waals surface area contributed by atoms with Gasteiger partial charge in [0.1, 0.15) is 18.3 Å². The van der Waals surface area contributed by atoms with Crippen molar-refractivity contribution in [3.05, 3.63) is 34.0 Å². The Morgan fingerprint density at radius 3 is 2.48 bits per heavy atom. The zero-order chi connectivity index (χ0) is 23.6. The highest BCUT2D eigenvalue weighted by molar-refractivity contribution is 7.54. The number of H-pyrrole nitrogens is 1. The molecule has 2 heterocycles. The third kappa shape index (κ3) is 5.63. The lowest BCUT2D eigenvalue weighted by Crippen LogP contribution is -2.40. The standard InChI is InChI=1S/C20H33FNO8P/c1-6-10-19(3,30-31(26,27)20(4,25)7-2)11-13-15(24)17(28-5)16(29-13)12-8-9-14(23)22-18(12)21/h8-9,13,15-17,24-25H,6-7,10-11H2,1-5H3,(H,22,23)(H,26,27)/t13-,15?,16+,17+,19?,20?/m1/s1. The molecule has 1 aromatic heterocycles. The first-order valence-corrected chi connectivity index (χ1v) is 11.9. The van der Waals surface area contributed by atoms with Crippen LogP contribution in [0, 0.1) is 5.95 Å². The minimum atomic E-state index is -4.44. The van der Waals surface area contributed by atoms with Gasteiger partial charge in [-0.1, -0.05) is 20.3 Å². The summed E-state index contributed by atoms with van der Waals surface area (Å²) in [4.78, 5) is 23.8. The molecule has 178 valence electrons. The summed E-state index contributed by atoms with van der Waals surface area (Å²) in [5.41, 5.74) is -1.82. The molecular weight excluding hydrogens is 432 g/mol. The summed E-state index contributed by atoms with van der Waals surface area (Å²) in [6.07, 6.45) is -3.10. The average Bonchev–Trinajstić information content (AvgIpc) is 2.96. The summed E-state index contributed by atoms with van der Waals surface area (Å²) in [6, 6.07) is 2.41. The van der Waals surface area contributed by atoms with E-state index in [2.05, 4.69) is 4.98 Å². The summed E-state index contributed by atoms with van der Waals surface area (Å²) < 4.78 is 43.9. The Kier molecular flexibility index (Phi) is 8.25. The molecule has 1 aliphatic rings. The highest BCUT2D eigenvalue weighted by Crippen LogP contribution is 2.59. The van der Waals surface area contributed by atoms with Crippen molar-refractivity contribution in [3.63, 3.8) is 0 Å². The topological polar surface area (TPSA) is 138 Å². The highest BCUT2D eigenvalue weighted by Gasteiger charge is 2.51. The molecule has 0 spiro atoms. The number of hydrogen-bond donors (Lipinski definition) is 4. The Morgan fingerprint density at radius 2 is 1.97 bits per heavy atom. The smallest absolute Gasteiger partial charge is 0.359 e. The molecule has 31 heavy (non-hydrogen) atoms. The van der Waals surface area contributed by atoms with E-state index >= 15 is 0 Å². The molecule has 0 radical (unpaired) electrons. The molecule has 9 nitrogen and oxygen atoms in total. The van der Waals surface area contributed by atoms with Gasteiger partial charge in [0.15, 0.2) is 11.3 Å². The van der Waals surface area contributed by atoms with Gasteiger partial charge in [-0.15, -0.1) is 0 Å². The second-order valence-electron chi connectivity index (χ2n) is 8.46. The predicted molar refractivity (Wildman–Crippen MR) is 111 cm³/mol. The van der Waals surface area contributed by atoms with E-state index in [1.165, 1.54) is 20.1 Å². The quantitative estimate of drug-likeness (QED) is 0.306. The number of rotatable bonds is 10. The minimum absolute atomic E-state index is 0.00481. The molecular formula is C20H33FNO8P. The van der Waals surface area contributed by atoms with Gasteiger partial charge >= 0.3 is 7.60 Å². The SMILES string of the molecule is CCCC(C)(C[C@H]1O[C@@H](c2ccc(=O)[nH]c2F)[C@@H](OC)C1O)OP(=O)(O)C(C)(O)CC. The number of aliphatic hydroxyl groups is 2. The van der Waals surface area contributed by atoms with Crippen LogP contribution in [0.3, 0.4) is 0 Å². The van der Waals surface area contributed by atoms with Crippen LogP contribution in [-0.2, 0) is 18.6 Å². The summed E-state index contributed by atoms with van der Waals surface area (Å²) in [6.45, 7) is 6.28. The lowest BCUT2D eigenvalue weighted by atomic mass is 9.90. The van der Waals surface area contributed by atoms with Crippen LogP contribution in [0.1, 0.15) is 65.0 Å². The third-order valence-corrected chi connectivity index (χ3v) is 8.07. The fourth-order valence-corrected chi connectivity index (χ4v) is 5.20. The van der Waals surface area contributed by atoms with E-state index < -0.39 is 54.5 Å². The molecule has 7 atom stereocenters. The van der Waals surface area contributed by atoms with Crippen LogP contribution in [0.4, 0.5) is 4.39 Å². The number of nitrogens with one attached hydrogen (secondary N) is 1. The van der Waals surface area contributed by atoms with Crippen molar-refractivity contribution < 1.29 is 38.1 Å². The van der Waals surface area contributed by atoms with Crippen molar-refractivity contribution in [2.45, 2.75) is 88.7 Å². The number of halogens is 1. The lowest BCUT2D eigenvalue weighted by molar-refractivity contribution is -0.0554.